The lowest BCUT2D eigenvalue weighted by Gasteiger charge is -2.28. The van der Waals surface area contributed by atoms with Crippen molar-refractivity contribution >= 4 is 27.4 Å². The summed E-state index contributed by atoms with van der Waals surface area (Å²) in [6.45, 7) is 2.25. The smallest absolute Gasteiger partial charge is 0.150 e. The average Bonchev–Trinajstić information content (AvgIpc) is 2.71. The van der Waals surface area contributed by atoms with Gasteiger partial charge in [0.25, 0.3) is 0 Å². The maximum Gasteiger partial charge on any atom is 0.150 e. The highest BCUT2D eigenvalue weighted by molar-refractivity contribution is 7.17. The molecule has 1 atom stereocenters. The van der Waals surface area contributed by atoms with Gasteiger partial charge in [-0.2, -0.15) is 0 Å². The van der Waals surface area contributed by atoms with E-state index >= 15 is 0 Å². The van der Waals surface area contributed by atoms with Gasteiger partial charge in [0.15, 0.2) is 0 Å². The second kappa shape index (κ2) is 5.20. The summed E-state index contributed by atoms with van der Waals surface area (Å²) in [6.07, 6.45) is 5.34. The highest BCUT2D eigenvalue weighted by Gasteiger charge is 2.20. The third-order valence-electron chi connectivity index (χ3n) is 3.65. The lowest BCUT2D eigenvalue weighted by atomic mass is 10.1. The Morgan fingerprint density at radius 3 is 3.22 bits per heavy atom. The van der Waals surface area contributed by atoms with Gasteiger partial charge in [-0.25, -0.2) is 9.97 Å². The van der Waals surface area contributed by atoms with Crippen LogP contribution in [0.1, 0.15) is 19.3 Å². The molecule has 3 heterocycles. The first kappa shape index (κ1) is 11.9. The Balaban J connectivity index is 1.90. The van der Waals surface area contributed by atoms with Gasteiger partial charge >= 0.3 is 0 Å². The van der Waals surface area contributed by atoms with Crippen molar-refractivity contribution in [3.63, 3.8) is 0 Å². The predicted octanol–water partition coefficient (Wildman–Crippen LogP) is 2.27. The van der Waals surface area contributed by atoms with Gasteiger partial charge in [-0.15, -0.1) is 11.3 Å². The van der Waals surface area contributed by atoms with Gasteiger partial charge in [0.1, 0.15) is 12.1 Å². The normalized spacial score (nSPS) is 20.8. The van der Waals surface area contributed by atoms with Crippen LogP contribution in [0, 0.1) is 0 Å². The molecule has 5 heteroatoms. The first-order chi connectivity index (χ1) is 8.86. The molecule has 0 amide bonds. The van der Waals surface area contributed by atoms with Gasteiger partial charge in [-0.05, 0) is 43.8 Å². The van der Waals surface area contributed by atoms with Crippen LogP contribution in [0.3, 0.4) is 0 Å². The number of rotatable bonds is 2. The maximum absolute atomic E-state index is 4.49. The second-order valence-electron chi connectivity index (χ2n) is 4.78. The molecule has 2 aromatic rings. The molecule has 1 unspecified atom stereocenters. The summed E-state index contributed by atoms with van der Waals surface area (Å²) < 4.78 is 1.21. The zero-order valence-electron chi connectivity index (χ0n) is 10.6. The van der Waals surface area contributed by atoms with E-state index in [2.05, 4.69) is 38.7 Å². The molecule has 2 aromatic heterocycles. The first-order valence-corrected chi connectivity index (χ1v) is 7.36. The van der Waals surface area contributed by atoms with Crippen LogP contribution in [0.15, 0.2) is 17.8 Å². The van der Waals surface area contributed by atoms with Crippen molar-refractivity contribution in [1.29, 1.82) is 0 Å². The standard InChI is InChI=1S/C13H18N4S/c1-17(10-3-2-6-14-7-4-10)13-12-11(5-8-18-12)15-9-16-13/h5,8-10,14H,2-4,6-7H2,1H3. The van der Waals surface area contributed by atoms with Crippen LogP contribution >= 0.6 is 11.3 Å². The molecule has 18 heavy (non-hydrogen) atoms. The van der Waals surface area contributed by atoms with Crippen LogP contribution in [0.4, 0.5) is 5.82 Å². The molecular formula is C13H18N4S. The van der Waals surface area contributed by atoms with E-state index in [-0.39, 0.29) is 0 Å². The lowest BCUT2D eigenvalue weighted by molar-refractivity contribution is 0.564. The Hall–Kier alpha value is -1.20. The maximum atomic E-state index is 4.49. The van der Waals surface area contributed by atoms with E-state index in [0.29, 0.717) is 6.04 Å². The van der Waals surface area contributed by atoms with E-state index in [1.807, 2.05) is 0 Å². The van der Waals surface area contributed by atoms with Crippen LogP contribution in [0.25, 0.3) is 10.2 Å². The second-order valence-corrected chi connectivity index (χ2v) is 5.69. The fourth-order valence-corrected chi connectivity index (χ4v) is 3.46. The van der Waals surface area contributed by atoms with E-state index in [1.165, 1.54) is 24.0 Å². The van der Waals surface area contributed by atoms with Crippen LogP contribution in [-0.2, 0) is 0 Å². The fraction of sp³-hybridized carbons (Fsp3) is 0.538. The number of aromatic nitrogens is 2. The van der Waals surface area contributed by atoms with Gasteiger partial charge in [0, 0.05) is 13.1 Å². The van der Waals surface area contributed by atoms with Crippen LogP contribution in [-0.4, -0.2) is 36.1 Å². The van der Waals surface area contributed by atoms with E-state index in [9.17, 15) is 0 Å². The summed E-state index contributed by atoms with van der Waals surface area (Å²) in [7, 11) is 2.16. The zero-order valence-corrected chi connectivity index (χ0v) is 11.4. The van der Waals surface area contributed by atoms with E-state index in [4.69, 9.17) is 0 Å². The summed E-state index contributed by atoms with van der Waals surface area (Å²) in [5.74, 6) is 1.09. The van der Waals surface area contributed by atoms with Crippen molar-refractivity contribution in [2.24, 2.45) is 0 Å². The Kier molecular flexibility index (Phi) is 3.43. The highest BCUT2D eigenvalue weighted by atomic mass is 32.1. The van der Waals surface area contributed by atoms with Crippen molar-refractivity contribution in [2.45, 2.75) is 25.3 Å². The number of nitrogens with zero attached hydrogens (tertiary/aromatic N) is 3. The molecule has 1 saturated heterocycles. The van der Waals surface area contributed by atoms with Gasteiger partial charge < -0.3 is 10.2 Å². The largest absolute Gasteiger partial charge is 0.355 e. The first-order valence-electron chi connectivity index (χ1n) is 6.48. The molecule has 0 saturated carbocycles. The zero-order chi connectivity index (χ0) is 12.4. The number of fused-ring (bicyclic) bond motifs is 1. The Bertz CT molecular complexity index is 516. The topological polar surface area (TPSA) is 41.1 Å². The number of hydrogen-bond acceptors (Lipinski definition) is 5. The number of thiophene rings is 1. The summed E-state index contributed by atoms with van der Waals surface area (Å²) in [6, 6.07) is 2.65. The predicted molar refractivity (Wildman–Crippen MR) is 76.3 cm³/mol. The monoisotopic (exact) mass is 262 g/mol. The van der Waals surface area contributed by atoms with Gasteiger partial charge in [-0.1, -0.05) is 0 Å². The molecule has 1 aliphatic rings. The number of nitrogens with one attached hydrogen (secondary N) is 1. The Morgan fingerprint density at radius 1 is 1.33 bits per heavy atom. The van der Waals surface area contributed by atoms with Crippen LogP contribution in [0.5, 0.6) is 0 Å². The van der Waals surface area contributed by atoms with Gasteiger partial charge in [-0.3, -0.25) is 0 Å². The molecule has 0 aromatic carbocycles. The van der Waals surface area contributed by atoms with Gasteiger partial charge in [0.2, 0.25) is 0 Å². The Morgan fingerprint density at radius 2 is 2.28 bits per heavy atom. The molecule has 1 fully saturated rings. The summed E-state index contributed by atoms with van der Waals surface area (Å²) in [5.41, 5.74) is 1.06. The van der Waals surface area contributed by atoms with Crippen LogP contribution in [0.2, 0.25) is 0 Å². The molecule has 3 rings (SSSR count). The van der Waals surface area contributed by atoms with Crippen molar-refractivity contribution in [3.8, 4) is 0 Å². The molecule has 0 bridgehead atoms. The quantitative estimate of drug-likeness (QED) is 0.901. The Labute approximate surface area is 111 Å². The van der Waals surface area contributed by atoms with Gasteiger partial charge in [0.05, 0.1) is 10.2 Å². The van der Waals surface area contributed by atoms with Crippen molar-refractivity contribution in [2.75, 3.05) is 25.0 Å². The highest BCUT2D eigenvalue weighted by Crippen LogP contribution is 2.29. The minimum absolute atomic E-state index is 0.584. The fourth-order valence-electron chi connectivity index (χ4n) is 2.59. The van der Waals surface area contributed by atoms with Crippen molar-refractivity contribution in [1.82, 2.24) is 15.3 Å². The molecule has 0 spiro atoms. The number of anilines is 1. The van der Waals surface area contributed by atoms with E-state index < -0.39 is 0 Å². The molecule has 1 aliphatic heterocycles. The summed E-state index contributed by atoms with van der Waals surface area (Å²) >= 11 is 1.73. The summed E-state index contributed by atoms with van der Waals surface area (Å²) in [4.78, 5) is 11.1. The molecule has 1 N–H and O–H groups in total. The molecule has 96 valence electrons. The SMILES string of the molecule is CN(c1ncnc2ccsc12)C1CCCNCC1. The molecule has 0 radical (unpaired) electrons. The molecule has 0 aliphatic carbocycles. The minimum Gasteiger partial charge on any atom is -0.355 e. The van der Waals surface area contributed by atoms with E-state index in [1.54, 1.807) is 17.7 Å². The third-order valence-corrected chi connectivity index (χ3v) is 4.55. The van der Waals surface area contributed by atoms with Crippen molar-refractivity contribution in [3.05, 3.63) is 17.8 Å². The minimum atomic E-state index is 0.584. The van der Waals surface area contributed by atoms with E-state index in [0.717, 1.165) is 24.4 Å². The molecular weight excluding hydrogens is 244 g/mol. The van der Waals surface area contributed by atoms with Crippen LogP contribution < -0.4 is 10.2 Å². The van der Waals surface area contributed by atoms with Crippen molar-refractivity contribution < 1.29 is 0 Å². The third kappa shape index (κ3) is 2.20. The summed E-state index contributed by atoms with van der Waals surface area (Å²) in [5, 5.41) is 5.55. The lowest BCUT2D eigenvalue weighted by Crippen LogP contribution is -2.33. The average molecular weight is 262 g/mol. The number of hydrogen-bond donors (Lipinski definition) is 1. The molecule has 4 nitrogen and oxygen atoms in total.